The summed E-state index contributed by atoms with van der Waals surface area (Å²) in [5.74, 6) is 0. The molecule has 1 N–H and O–H groups in total. The third-order valence-electron chi connectivity index (χ3n) is 2.50. The molecule has 1 aromatic carbocycles. The minimum atomic E-state index is -0.545. The lowest BCUT2D eigenvalue weighted by atomic mass is 10.2. The van der Waals surface area contributed by atoms with Gasteiger partial charge in [-0.25, -0.2) is 0 Å². The summed E-state index contributed by atoms with van der Waals surface area (Å²) in [4.78, 5) is 5.25. The number of aliphatic hydroxyl groups is 1. The first kappa shape index (κ1) is 15.1. The normalized spacial score (nSPS) is 13.2. The van der Waals surface area contributed by atoms with Crippen molar-refractivity contribution in [2.75, 3.05) is 20.3 Å². The molecule has 1 unspecified atom stereocenters. The summed E-state index contributed by atoms with van der Waals surface area (Å²) in [5, 5.41) is 11.6. The van der Waals surface area contributed by atoms with Crippen LogP contribution in [0.4, 0.5) is 0 Å². The van der Waals surface area contributed by atoms with Crippen molar-refractivity contribution in [3.63, 3.8) is 0 Å². The number of hydrogen-bond acceptors (Lipinski definition) is 4. The zero-order valence-electron chi connectivity index (χ0n) is 11.4. The van der Waals surface area contributed by atoms with Gasteiger partial charge in [0.2, 0.25) is 0 Å². The Morgan fingerprint density at radius 1 is 1.22 bits per heavy atom. The Morgan fingerprint density at radius 2 is 1.89 bits per heavy atom. The summed E-state index contributed by atoms with van der Waals surface area (Å²) in [7, 11) is 1.61. The maximum absolute atomic E-state index is 9.83. The van der Waals surface area contributed by atoms with Gasteiger partial charge in [-0.05, 0) is 19.4 Å². The molecule has 0 aromatic heterocycles. The van der Waals surface area contributed by atoms with Crippen molar-refractivity contribution < 1.29 is 14.7 Å². The van der Waals surface area contributed by atoms with Gasteiger partial charge in [0, 0.05) is 6.54 Å². The zero-order chi connectivity index (χ0) is 13.4. The predicted molar refractivity (Wildman–Crippen MR) is 71.0 cm³/mol. The third-order valence-corrected chi connectivity index (χ3v) is 2.50. The van der Waals surface area contributed by atoms with Gasteiger partial charge in [0.15, 0.2) is 0 Å². The number of hydroxylamine groups is 2. The fourth-order valence-corrected chi connectivity index (χ4v) is 1.58. The van der Waals surface area contributed by atoms with Crippen LogP contribution in [0.2, 0.25) is 0 Å². The van der Waals surface area contributed by atoms with E-state index in [0.717, 1.165) is 5.56 Å². The van der Waals surface area contributed by atoms with Crippen molar-refractivity contribution in [1.29, 1.82) is 0 Å². The Hall–Kier alpha value is -0.940. The molecule has 1 rings (SSSR count). The van der Waals surface area contributed by atoms with Crippen molar-refractivity contribution in [3.05, 3.63) is 35.9 Å². The summed E-state index contributed by atoms with van der Waals surface area (Å²) < 4.78 is 5.37. The van der Waals surface area contributed by atoms with Gasteiger partial charge >= 0.3 is 0 Å². The second-order valence-electron chi connectivity index (χ2n) is 4.53. The second-order valence-corrected chi connectivity index (χ2v) is 4.53. The van der Waals surface area contributed by atoms with E-state index in [1.165, 1.54) is 0 Å². The number of aliphatic hydroxyl groups excluding tert-OH is 1. The molecule has 0 saturated heterocycles. The van der Waals surface area contributed by atoms with Crippen molar-refractivity contribution in [2.45, 2.75) is 32.6 Å². The number of rotatable bonds is 8. The SMILES string of the molecule is CON(Cc1ccccc1)CC(O)COC(C)C. The van der Waals surface area contributed by atoms with Crippen LogP contribution in [0.1, 0.15) is 19.4 Å². The first-order valence-corrected chi connectivity index (χ1v) is 6.24. The number of hydrogen-bond donors (Lipinski definition) is 1. The lowest BCUT2D eigenvalue weighted by Crippen LogP contribution is -2.34. The van der Waals surface area contributed by atoms with E-state index in [1.807, 2.05) is 44.2 Å². The van der Waals surface area contributed by atoms with Gasteiger partial charge in [-0.1, -0.05) is 30.3 Å². The topological polar surface area (TPSA) is 41.9 Å². The molecule has 1 atom stereocenters. The summed E-state index contributed by atoms with van der Waals surface area (Å²) in [6, 6.07) is 10.0. The van der Waals surface area contributed by atoms with Crippen LogP contribution in [0, 0.1) is 0 Å². The zero-order valence-corrected chi connectivity index (χ0v) is 11.4. The molecule has 0 bridgehead atoms. The molecule has 0 heterocycles. The molecular formula is C14H23NO3. The Bertz CT molecular complexity index is 316. The average molecular weight is 253 g/mol. The Kier molecular flexibility index (Phi) is 6.90. The van der Waals surface area contributed by atoms with E-state index in [1.54, 1.807) is 12.2 Å². The monoisotopic (exact) mass is 253 g/mol. The van der Waals surface area contributed by atoms with E-state index < -0.39 is 6.10 Å². The fourth-order valence-electron chi connectivity index (χ4n) is 1.58. The Labute approximate surface area is 109 Å². The van der Waals surface area contributed by atoms with Crippen LogP contribution in [0.25, 0.3) is 0 Å². The predicted octanol–water partition coefficient (Wildman–Crippen LogP) is 1.84. The van der Waals surface area contributed by atoms with E-state index in [-0.39, 0.29) is 6.10 Å². The van der Waals surface area contributed by atoms with Crippen LogP contribution in [-0.4, -0.2) is 42.6 Å². The molecule has 0 amide bonds. The van der Waals surface area contributed by atoms with E-state index in [0.29, 0.717) is 19.7 Å². The number of ether oxygens (including phenoxy) is 1. The number of benzene rings is 1. The average Bonchev–Trinajstić information content (AvgIpc) is 2.37. The lowest BCUT2D eigenvalue weighted by Gasteiger charge is -2.23. The van der Waals surface area contributed by atoms with E-state index in [9.17, 15) is 5.11 Å². The largest absolute Gasteiger partial charge is 0.389 e. The first-order valence-electron chi connectivity index (χ1n) is 6.24. The highest BCUT2D eigenvalue weighted by Crippen LogP contribution is 2.05. The van der Waals surface area contributed by atoms with Gasteiger partial charge in [-0.3, -0.25) is 0 Å². The smallest absolute Gasteiger partial charge is 0.0923 e. The van der Waals surface area contributed by atoms with Gasteiger partial charge < -0.3 is 14.7 Å². The highest BCUT2D eigenvalue weighted by Gasteiger charge is 2.12. The Balaban J connectivity index is 2.37. The molecule has 18 heavy (non-hydrogen) atoms. The lowest BCUT2D eigenvalue weighted by molar-refractivity contribution is -0.162. The molecule has 0 aliphatic heterocycles. The van der Waals surface area contributed by atoms with E-state index >= 15 is 0 Å². The van der Waals surface area contributed by atoms with Gasteiger partial charge in [0.05, 0.1) is 32.5 Å². The third kappa shape index (κ3) is 6.12. The molecule has 0 aliphatic rings. The molecule has 0 spiro atoms. The summed E-state index contributed by atoms with van der Waals surface area (Å²) in [6.45, 7) is 5.30. The maximum Gasteiger partial charge on any atom is 0.0923 e. The van der Waals surface area contributed by atoms with Gasteiger partial charge in [0.25, 0.3) is 0 Å². The summed E-state index contributed by atoms with van der Waals surface area (Å²) >= 11 is 0. The van der Waals surface area contributed by atoms with Crippen LogP contribution < -0.4 is 0 Å². The molecule has 0 radical (unpaired) electrons. The molecular weight excluding hydrogens is 230 g/mol. The van der Waals surface area contributed by atoms with Crippen molar-refractivity contribution in [3.8, 4) is 0 Å². The van der Waals surface area contributed by atoms with Gasteiger partial charge in [-0.2, -0.15) is 5.06 Å². The quantitative estimate of drug-likeness (QED) is 0.718. The molecule has 1 aromatic rings. The minimum Gasteiger partial charge on any atom is -0.389 e. The van der Waals surface area contributed by atoms with Crippen LogP contribution in [0.15, 0.2) is 30.3 Å². The molecule has 0 aliphatic carbocycles. The molecule has 0 saturated carbocycles. The summed E-state index contributed by atoms with van der Waals surface area (Å²) in [5.41, 5.74) is 1.15. The van der Waals surface area contributed by atoms with Crippen molar-refractivity contribution in [1.82, 2.24) is 5.06 Å². The maximum atomic E-state index is 9.83. The summed E-state index contributed by atoms with van der Waals surface area (Å²) in [6.07, 6.45) is -0.416. The van der Waals surface area contributed by atoms with Crippen LogP contribution in [0.5, 0.6) is 0 Å². The van der Waals surface area contributed by atoms with E-state index in [2.05, 4.69) is 0 Å². The molecule has 4 nitrogen and oxygen atoms in total. The van der Waals surface area contributed by atoms with Gasteiger partial charge in [-0.15, -0.1) is 0 Å². The number of nitrogens with zero attached hydrogens (tertiary/aromatic N) is 1. The van der Waals surface area contributed by atoms with Crippen molar-refractivity contribution in [2.24, 2.45) is 0 Å². The Morgan fingerprint density at radius 3 is 2.44 bits per heavy atom. The van der Waals surface area contributed by atoms with E-state index in [4.69, 9.17) is 9.57 Å². The second kappa shape index (κ2) is 8.21. The van der Waals surface area contributed by atoms with Crippen molar-refractivity contribution >= 4 is 0 Å². The van der Waals surface area contributed by atoms with Crippen LogP contribution in [0.3, 0.4) is 0 Å². The molecule has 4 heteroatoms. The molecule has 102 valence electrons. The molecule has 0 fully saturated rings. The highest BCUT2D eigenvalue weighted by molar-refractivity contribution is 5.14. The van der Waals surface area contributed by atoms with Gasteiger partial charge in [0.1, 0.15) is 0 Å². The highest BCUT2D eigenvalue weighted by atomic mass is 16.7. The first-order chi connectivity index (χ1) is 8.61. The van der Waals surface area contributed by atoms with Crippen LogP contribution >= 0.6 is 0 Å². The van der Waals surface area contributed by atoms with Crippen LogP contribution in [-0.2, 0) is 16.1 Å². The minimum absolute atomic E-state index is 0.129. The standard InChI is InChI=1S/C14H23NO3/c1-12(2)18-11-14(16)10-15(17-3)9-13-7-5-4-6-8-13/h4-8,12,14,16H,9-11H2,1-3H3. The fraction of sp³-hybridized carbons (Fsp3) is 0.571.